The molecule has 0 aromatic carbocycles. The van der Waals surface area contributed by atoms with Gasteiger partial charge in [-0.05, 0) is 20.8 Å². The van der Waals surface area contributed by atoms with Crippen LogP contribution in [0.25, 0.3) is 0 Å². The van der Waals surface area contributed by atoms with Gasteiger partial charge in [0.25, 0.3) is 0 Å². The molecule has 17 heavy (non-hydrogen) atoms. The van der Waals surface area contributed by atoms with Crippen molar-refractivity contribution in [1.29, 1.82) is 5.41 Å². The van der Waals surface area contributed by atoms with Crippen LogP contribution in [-0.4, -0.2) is 39.9 Å². The second-order valence-electron chi connectivity index (χ2n) is 4.85. The number of aromatic nitrogens is 2. The Hall–Kier alpha value is -1.56. The summed E-state index contributed by atoms with van der Waals surface area (Å²) in [5.74, 6) is 0.736. The minimum Gasteiger partial charge on any atom is -0.394 e. The molecule has 0 aliphatic rings. The van der Waals surface area contributed by atoms with E-state index in [0.717, 1.165) is 11.5 Å². The predicted octanol–water partition coefficient (Wildman–Crippen LogP) is 0.220. The summed E-state index contributed by atoms with van der Waals surface area (Å²) < 4.78 is 1.68. The van der Waals surface area contributed by atoms with E-state index in [9.17, 15) is 5.11 Å². The van der Waals surface area contributed by atoms with Crippen LogP contribution in [0.4, 0.5) is 5.82 Å². The monoisotopic (exact) mass is 239 g/mol. The predicted molar refractivity (Wildman–Crippen MR) is 68.5 cm³/mol. The Balaban J connectivity index is 3.36. The van der Waals surface area contributed by atoms with Crippen LogP contribution in [0.2, 0.25) is 0 Å². The highest BCUT2D eigenvalue weighted by Crippen LogP contribution is 2.27. The van der Waals surface area contributed by atoms with Crippen LogP contribution >= 0.6 is 0 Å². The van der Waals surface area contributed by atoms with Gasteiger partial charge in [-0.2, -0.15) is 5.10 Å². The molecule has 0 spiro atoms. The van der Waals surface area contributed by atoms with Crippen molar-refractivity contribution >= 4 is 11.7 Å². The summed E-state index contributed by atoms with van der Waals surface area (Å²) in [6.45, 7) is 5.66. The number of aliphatic hydroxyl groups is 1. The van der Waals surface area contributed by atoms with Gasteiger partial charge in [0.2, 0.25) is 0 Å². The Morgan fingerprint density at radius 3 is 2.53 bits per heavy atom. The van der Waals surface area contributed by atoms with E-state index in [-0.39, 0.29) is 12.4 Å². The number of aryl methyl sites for hydroxylation is 2. The Kier molecular flexibility index (Phi) is 3.47. The zero-order valence-electron chi connectivity index (χ0n) is 11.1. The molecule has 0 saturated heterocycles. The average Bonchev–Trinajstić information content (AvgIpc) is 2.52. The lowest BCUT2D eigenvalue weighted by Crippen LogP contribution is -2.46. The van der Waals surface area contributed by atoms with Crippen molar-refractivity contribution in [2.75, 3.05) is 18.6 Å². The molecule has 6 nitrogen and oxygen atoms in total. The van der Waals surface area contributed by atoms with E-state index in [0.29, 0.717) is 5.56 Å². The van der Waals surface area contributed by atoms with Crippen LogP contribution in [0, 0.1) is 12.3 Å². The number of nitrogens with zero attached hydrogens (tertiary/aromatic N) is 3. The van der Waals surface area contributed by atoms with Crippen molar-refractivity contribution in [3.63, 3.8) is 0 Å². The minimum atomic E-state index is -0.440. The van der Waals surface area contributed by atoms with Gasteiger partial charge in [0.15, 0.2) is 0 Å². The number of amidine groups is 1. The van der Waals surface area contributed by atoms with Crippen LogP contribution in [0.15, 0.2) is 0 Å². The van der Waals surface area contributed by atoms with Crippen LogP contribution in [-0.2, 0) is 7.05 Å². The molecule has 96 valence electrons. The number of aliphatic hydroxyl groups excluding tert-OH is 1. The molecular formula is C11H21N5O. The number of anilines is 1. The Labute approximate surface area is 102 Å². The van der Waals surface area contributed by atoms with Gasteiger partial charge in [-0.15, -0.1) is 0 Å². The van der Waals surface area contributed by atoms with Crippen LogP contribution < -0.4 is 10.6 Å². The number of nitrogens with two attached hydrogens (primary N) is 1. The maximum atomic E-state index is 9.40. The van der Waals surface area contributed by atoms with Crippen molar-refractivity contribution < 1.29 is 5.11 Å². The van der Waals surface area contributed by atoms with Gasteiger partial charge in [-0.25, -0.2) is 0 Å². The first-order valence-corrected chi connectivity index (χ1v) is 5.45. The van der Waals surface area contributed by atoms with E-state index < -0.39 is 5.54 Å². The fourth-order valence-electron chi connectivity index (χ4n) is 1.74. The SMILES string of the molecule is Cc1nn(C)c(N(C)C(C)(C)CO)c1C(=N)N. The summed E-state index contributed by atoms with van der Waals surface area (Å²) >= 11 is 0. The molecule has 0 unspecified atom stereocenters. The van der Waals surface area contributed by atoms with Gasteiger partial charge in [0.1, 0.15) is 11.7 Å². The van der Waals surface area contributed by atoms with Gasteiger partial charge in [-0.1, -0.05) is 0 Å². The second-order valence-corrected chi connectivity index (χ2v) is 4.85. The molecule has 1 heterocycles. The van der Waals surface area contributed by atoms with Gasteiger partial charge in [0.05, 0.1) is 23.4 Å². The van der Waals surface area contributed by atoms with E-state index in [1.54, 1.807) is 11.7 Å². The normalized spacial score (nSPS) is 11.6. The molecule has 4 N–H and O–H groups in total. The second kappa shape index (κ2) is 4.37. The maximum absolute atomic E-state index is 9.40. The summed E-state index contributed by atoms with van der Waals surface area (Å²) in [5, 5.41) is 21.3. The number of rotatable bonds is 4. The van der Waals surface area contributed by atoms with Crippen molar-refractivity contribution in [3.8, 4) is 0 Å². The van der Waals surface area contributed by atoms with Crippen molar-refractivity contribution in [1.82, 2.24) is 9.78 Å². The third-order valence-corrected chi connectivity index (χ3v) is 3.07. The highest BCUT2D eigenvalue weighted by molar-refractivity contribution is 6.01. The zero-order valence-corrected chi connectivity index (χ0v) is 11.1. The highest BCUT2D eigenvalue weighted by Gasteiger charge is 2.29. The number of likely N-dealkylation sites (N-methyl/N-ethyl adjacent to an activating group) is 1. The Morgan fingerprint density at radius 2 is 2.12 bits per heavy atom. The van der Waals surface area contributed by atoms with Crippen LogP contribution in [0.1, 0.15) is 25.1 Å². The molecule has 0 saturated carbocycles. The third-order valence-electron chi connectivity index (χ3n) is 3.07. The molecule has 1 aromatic heterocycles. The molecule has 0 atom stereocenters. The molecular weight excluding hydrogens is 218 g/mol. The minimum absolute atomic E-state index is 0.00503. The van der Waals surface area contributed by atoms with Gasteiger partial charge in [0, 0.05) is 14.1 Å². The summed E-state index contributed by atoms with van der Waals surface area (Å²) in [5.41, 5.74) is 6.49. The molecule has 0 fully saturated rings. The summed E-state index contributed by atoms with van der Waals surface area (Å²) in [4.78, 5) is 1.89. The lowest BCUT2D eigenvalue weighted by atomic mass is 10.0. The molecule has 0 bridgehead atoms. The number of hydrogen-bond acceptors (Lipinski definition) is 4. The topological polar surface area (TPSA) is 91.2 Å². The fourth-order valence-corrected chi connectivity index (χ4v) is 1.74. The first-order chi connectivity index (χ1) is 7.72. The molecule has 1 rings (SSSR count). The summed E-state index contributed by atoms with van der Waals surface area (Å²) in [6.07, 6.45) is 0. The molecule has 1 aromatic rings. The Morgan fingerprint density at radius 1 is 1.59 bits per heavy atom. The molecule has 0 aliphatic carbocycles. The third kappa shape index (κ3) is 2.26. The van der Waals surface area contributed by atoms with Gasteiger partial charge < -0.3 is 15.7 Å². The zero-order chi connectivity index (χ0) is 13.4. The van der Waals surface area contributed by atoms with Crippen molar-refractivity contribution in [2.45, 2.75) is 26.3 Å². The van der Waals surface area contributed by atoms with E-state index in [1.807, 2.05) is 32.7 Å². The van der Waals surface area contributed by atoms with E-state index >= 15 is 0 Å². The lowest BCUT2D eigenvalue weighted by molar-refractivity contribution is 0.215. The lowest BCUT2D eigenvalue weighted by Gasteiger charge is -2.36. The Bertz CT molecular complexity index is 435. The van der Waals surface area contributed by atoms with Gasteiger partial charge >= 0.3 is 0 Å². The number of nitrogens with one attached hydrogen (secondary N) is 1. The largest absolute Gasteiger partial charge is 0.394 e. The average molecular weight is 239 g/mol. The number of nitrogen functional groups attached to an aromatic ring is 1. The van der Waals surface area contributed by atoms with Crippen LogP contribution in [0.5, 0.6) is 0 Å². The highest BCUT2D eigenvalue weighted by atomic mass is 16.3. The molecule has 0 radical (unpaired) electrons. The van der Waals surface area contributed by atoms with E-state index in [4.69, 9.17) is 11.1 Å². The molecule has 0 aliphatic heterocycles. The fraction of sp³-hybridized carbons (Fsp3) is 0.636. The maximum Gasteiger partial charge on any atom is 0.138 e. The van der Waals surface area contributed by atoms with E-state index in [2.05, 4.69) is 5.10 Å². The quantitative estimate of drug-likeness (QED) is 0.518. The van der Waals surface area contributed by atoms with Crippen LogP contribution in [0.3, 0.4) is 0 Å². The smallest absolute Gasteiger partial charge is 0.138 e. The first-order valence-electron chi connectivity index (χ1n) is 5.45. The first kappa shape index (κ1) is 13.5. The molecule has 6 heteroatoms. The van der Waals surface area contributed by atoms with Gasteiger partial charge in [-0.3, -0.25) is 10.1 Å². The standard InChI is InChI=1S/C11H21N5O/c1-7-8(9(12)13)10(16(5)14-7)15(4)11(2,3)6-17/h17H,6H2,1-5H3,(H3,12,13). The van der Waals surface area contributed by atoms with Crippen molar-refractivity contribution in [2.24, 2.45) is 12.8 Å². The van der Waals surface area contributed by atoms with Crippen molar-refractivity contribution in [3.05, 3.63) is 11.3 Å². The van der Waals surface area contributed by atoms with E-state index in [1.165, 1.54) is 0 Å². The molecule has 0 amide bonds. The summed E-state index contributed by atoms with van der Waals surface area (Å²) in [7, 11) is 3.66. The number of hydrogen-bond donors (Lipinski definition) is 3. The summed E-state index contributed by atoms with van der Waals surface area (Å²) in [6, 6.07) is 0.